The molecule has 0 radical (unpaired) electrons. The van der Waals surface area contributed by atoms with Crippen molar-refractivity contribution in [3.8, 4) is 17.1 Å². The maximum Gasteiger partial charge on any atom is 0.319 e. The number of rotatable bonds is 5. The first-order valence-corrected chi connectivity index (χ1v) is 15.0. The van der Waals surface area contributed by atoms with Crippen molar-refractivity contribution in [2.75, 3.05) is 56.5 Å². The van der Waals surface area contributed by atoms with Crippen molar-refractivity contribution < 1.29 is 17.9 Å². The third kappa shape index (κ3) is 4.65. The number of hydrogen-bond acceptors (Lipinski definition) is 9. The second-order valence-corrected chi connectivity index (χ2v) is 12.5. The van der Waals surface area contributed by atoms with Crippen molar-refractivity contribution in [2.24, 2.45) is 0 Å². The first kappa shape index (κ1) is 26.9. The standard InChI is InChI=1S/C28H29ClF3N7OS/c29-18-11-17-22(21(32)20(18)16-3-4-19(31)24-23(16)35-26(33)41-24)36-27(37-25(17)38-8-2-6-34-7-10-38)40-14-28-5-1-9-39(28)13-15(30)12-28/h3-4,11,15,34H,1-2,5-10,12-14H2,(H2,33,35)/t15-,28+/m1/s1. The van der Waals surface area contributed by atoms with Gasteiger partial charge in [-0.15, -0.1) is 0 Å². The molecule has 0 aliphatic carbocycles. The molecular formula is C28H29ClF3N7OS. The molecule has 7 rings (SSSR count). The topological polar surface area (TPSA) is 92.4 Å². The fraction of sp³-hybridized carbons (Fsp3) is 0.464. The predicted molar refractivity (Wildman–Crippen MR) is 156 cm³/mol. The van der Waals surface area contributed by atoms with Crippen LogP contribution in [0.3, 0.4) is 0 Å². The van der Waals surface area contributed by atoms with Crippen molar-refractivity contribution in [2.45, 2.75) is 37.4 Å². The number of anilines is 2. The number of fused-ring (bicyclic) bond motifs is 3. The summed E-state index contributed by atoms with van der Waals surface area (Å²) in [5, 5.41) is 4.12. The molecule has 2 aromatic carbocycles. The van der Waals surface area contributed by atoms with Gasteiger partial charge in [0.15, 0.2) is 10.9 Å². The number of nitrogens with one attached hydrogen (secondary N) is 1. The van der Waals surface area contributed by atoms with Gasteiger partial charge >= 0.3 is 6.01 Å². The molecule has 0 saturated carbocycles. The van der Waals surface area contributed by atoms with E-state index in [4.69, 9.17) is 27.1 Å². The lowest BCUT2D eigenvalue weighted by Gasteiger charge is -2.31. The molecule has 13 heteroatoms. The summed E-state index contributed by atoms with van der Waals surface area (Å²) in [5.74, 6) is -0.648. The maximum atomic E-state index is 16.6. The van der Waals surface area contributed by atoms with Crippen LogP contribution in [0, 0.1) is 11.6 Å². The van der Waals surface area contributed by atoms with Crippen LogP contribution in [0.1, 0.15) is 25.7 Å². The molecule has 3 aliphatic heterocycles. The second-order valence-electron chi connectivity index (χ2n) is 11.1. The van der Waals surface area contributed by atoms with Gasteiger partial charge in [-0.25, -0.2) is 18.2 Å². The van der Waals surface area contributed by atoms with E-state index >= 15 is 4.39 Å². The number of aromatic nitrogens is 3. The lowest BCUT2D eigenvalue weighted by molar-refractivity contribution is 0.107. The Hall–Kier alpha value is -2.93. The van der Waals surface area contributed by atoms with Gasteiger partial charge in [-0.3, -0.25) is 4.90 Å². The molecule has 2 atom stereocenters. The zero-order chi connectivity index (χ0) is 28.3. The van der Waals surface area contributed by atoms with Crippen LogP contribution in [0.2, 0.25) is 5.02 Å². The third-order valence-corrected chi connectivity index (χ3v) is 9.69. The first-order valence-electron chi connectivity index (χ1n) is 13.9. The molecule has 0 bridgehead atoms. The molecule has 3 N–H and O–H groups in total. The van der Waals surface area contributed by atoms with E-state index in [0.29, 0.717) is 42.8 Å². The fourth-order valence-electron chi connectivity index (χ4n) is 6.61. The highest BCUT2D eigenvalue weighted by Crippen LogP contribution is 2.44. The minimum Gasteiger partial charge on any atom is -0.461 e. The summed E-state index contributed by atoms with van der Waals surface area (Å²) in [6.07, 6.45) is 2.19. The molecule has 3 saturated heterocycles. The molecule has 3 aliphatic rings. The second kappa shape index (κ2) is 10.4. The zero-order valence-corrected chi connectivity index (χ0v) is 23.8. The Kier molecular flexibility index (Phi) is 6.84. The van der Waals surface area contributed by atoms with Gasteiger partial charge in [-0.2, -0.15) is 9.97 Å². The first-order chi connectivity index (χ1) is 19.8. The number of nitrogen functional groups attached to an aromatic ring is 1. The normalized spacial score (nSPS) is 23.4. The summed E-state index contributed by atoms with van der Waals surface area (Å²) in [4.78, 5) is 17.8. The van der Waals surface area contributed by atoms with E-state index in [1.807, 2.05) is 0 Å². The number of hydrogen-bond donors (Lipinski definition) is 2. The van der Waals surface area contributed by atoms with Gasteiger partial charge in [0.1, 0.15) is 29.9 Å². The Morgan fingerprint density at radius 1 is 1.12 bits per heavy atom. The zero-order valence-electron chi connectivity index (χ0n) is 22.2. The van der Waals surface area contributed by atoms with Crippen molar-refractivity contribution in [3.05, 3.63) is 34.9 Å². The lowest BCUT2D eigenvalue weighted by Crippen LogP contribution is -2.43. The van der Waals surface area contributed by atoms with E-state index in [1.165, 1.54) is 12.1 Å². The smallest absolute Gasteiger partial charge is 0.319 e. The van der Waals surface area contributed by atoms with E-state index in [1.54, 1.807) is 6.07 Å². The molecular weight excluding hydrogens is 575 g/mol. The SMILES string of the molecule is Nc1nc2c(-c3c(Cl)cc4c(N5CCCNCC5)nc(OC[C@@]56CCCN5C[C@H](F)C6)nc4c3F)ccc(F)c2s1. The fourth-order valence-corrected chi connectivity index (χ4v) is 7.67. The minimum absolute atomic E-state index is 0.0302. The largest absolute Gasteiger partial charge is 0.461 e. The van der Waals surface area contributed by atoms with Crippen LogP contribution in [-0.4, -0.2) is 77.4 Å². The average molecular weight is 604 g/mol. The van der Waals surface area contributed by atoms with Crippen molar-refractivity contribution in [1.82, 2.24) is 25.2 Å². The highest BCUT2D eigenvalue weighted by Gasteiger charge is 2.49. The highest BCUT2D eigenvalue weighted by molar-refractivity contribution is 7.22. The number of benzene rings is 2. The Bertz CT molecular complexity index is 1650. The van der Waals surface area contributed by atoms with Crippen LogP contribution in [0.5, 0.6) is 6.01 Å². The molecule has 0 spiro atoms. The van der Waals surface area contributed by atoms with Crippen LogP contribution in [0.25, 0.3) is 32.2 Å². The molecule has 4 aromatic rings. The Morgan fingerprint density at radius 3 is 2.88 bits per heavy atom. The number of halogens is 4. The molecule has 2 aromatic heterocycles. The molecule has 3 fully saturated rings. The lowest BCUT2D eigenvalue weighted by atomic mass is 9.95. The molecule has 0 unspecified atom stereocenters. The number of ether oxygens (including phenoxy) is 1. The number of thiazole rings is 1. The monoisotopic (exact) mass is 603 g/mol. The van der Waals surface area contributed by atoms with Gasteiger partial charge in [-0.05, 0) is 50.6 Å². The molecule has 216 valence electrons. The summed E-state index contributed by atoms with van der Waals surface area (Å²) >= 11 is 7.74. The van der Waals surface area contributed by atoms with Gasteiger partial charge in [0, 0.05) is 49.1 Å². The van der Waals surface area contributed by atoms with E-state index in [0.717, 1.165) is 50.2 Å². The molecule has 41 heavy (non-hydrogen) atoms. The molecule has 0 amide bonds. The summed E-state index contributed by atoms with van der Waals surface area (Å²) in [6.45, 7) is 4.42. The van der Waals surface area contributed by atoms with Gasteiger partial charge in [-0.1, -0.05) is 22.9 Å². The van der Waals surface area contributed by atoms with Crippen molar-refractivity contribution in [1.29, 1.82) is 0 Å². The quantitative estimate of drug-likeness (QED) is 0.323. The Morgan fingerprint density at radius 2 is 2.00 bits per heavy atom. The van der Waals surface area contributed by atoms with Gasteiger partial charge in [0.05, 0.1) is 20.8 Å². The van der Waals surface area contributed by atoms with E-state index in [-0.39, 0.29) is 44.1 Å². The van der Waals surface area contributed by atoms with Crippen LogP contribution < -0.4 is 20.7 Å². The van der Waals surface area contributed by atoms with E-state index < -0.39 is 23.3 Å². The summed E-state index contributed by atoms with van der Waals surface area (Å²) in [7, 11) is 0. The van der Waals surface area contributed by atoms with E-state index in [2.05, 4.69) is 25.1 Å². The molecule has 5 heterocycles. The number of nitrogens with two attached hydrogens (primary N) is 1. The maximum absolute atomic E-state index is 16.6. The van der Waals surface area contributed by atoms with Gasteiger partial charge < -0.3 is 20.7 Å². The predicted octanol–water partition coefficient (Wildman–Crippen LogP) is 5.18. The van der Waals surface area contributed by atoms with Crippen LogP contribution in [0.15, 0.2) is 18.2 Å². The summed E-state index contributed by atoms with van der Waals surface area (Å²) in [6, 6.07) is 4.39. The minimum atomic E-state index is -0.897. The van der Waals surface area contributed by atoms with E-state index in [9.17, 15) is 8.78 Å². The van der Waals surface area contributed by atoms with Gasteiger partial charge in [0.2, 0.25) is 0 Å². The Labute approximate surface area is 243 Å². The van der Waals surface area contributed by atoms with Crippen LogP contribution in [0.4, 0.5) is 24.1 Å². The number of alkyl halides is 1. The van der Waals surface area contributed by atoms with Crippen LogP contribution in [-0.2, 0) is 0 Å². The third-order valence-electron chi connectivity index (χ3n) is 8.49. The van der Waals surface area contributed by atoms with Crippen molar-refractivity contribution >= 4 is 55.0 Å². The number of nitrogens with zero attached hydrogens (tertiary/aromatic N) is 5. The summed E-state index contributed by atoms with van der Waals surface area (Å²) < 4.78 is 51.9. The summed E-state index contributed by atoms with van der Waals surface area (Å²) in [5.41, 5.74) is 6.12. The molecule has 8 nitrogen and oxygen atoms in total. The Balaban J connectivity index is 1.37. The van der Waals surface area contributed by atoms with Gasteiger partial charge in [0.25, 0.3) is 0 Å². The van der Waals surface area contributed by atoms with Crippen molar-refractivity contribution in [3.63, 3.8) is 0 Å². The van der Waals surface area contributed by atoms with Crippen LogP contribution >= 0.6 is 22.9 Å². The highest BCUT2D eigenvalue weighted by atomic mass is 35.5. The average Bonchev–Trinajstić information content (AvgIpc) is 3.52.